The predicted octanol–water partition coefficient (Wildman–Crippen LogP) is 4.45. The number of fused-ring (bicyclic) bond motifs is 1. The quantitative estimate of drug-likeness (QED) is 0.729. The Morgan fingerprint density at radius 3 is 2.67 bits per heavy atom. The van der Waals surface area contributed by atoms with Gasteiger partial charge in [-0.1, -0.05) is 47.7 Å². The summed E-state index contributed by atoms with van der Waals surface area (Å²) in [5, 5.41) is 4.17. The lowest BCUT2D eigenvalue weighted by atomic mass is 9.96. The van der Waals surface area contributed by atoms with Crippen LogP contribution in [0.15, 0.2) is 42.5 Å². The Labute approximate surface area is 164 Å². The largest absolute Gasteiger partial charge is 0.352 e. The van der Waals surface area contributed by atoms with E-state index in [0.29, 0.717) is 6.54 Å². The average Bonchev–Trinajstić information content (AvgIpc) is 3.11. The number of hydrogen-bond acceptors (Lipinski definition) is 4. The van der Waals surface area contributed by atoms with Crippen molar-refractivity contribution in [1.29, 1.82) is 0 Å². The van der Waals surface area contributed by atoms with Crippen LogP contribution in [0, 0.1) is 19.8 Å². The summed E-state index contributed by atoms with van der Waals surface area (Å²) in [6, 6.07) is 14.5. The van der Waals surface area contributed by atoms with E-state index in [1.165, 1.54) is 15.8 Å². The van der Waals surface area contributed by atoms with Gasteiger partial charge in [-0.2, -0.15) is 0 Å². The second-order valence-electron chi connectivity index (χ2n) is 7.39. The number of aromatic nitrogens is 1. The third-order valence-electron chi connectivity index (χ3n) is 5.26. The minimum atomic E-state index is 0.100. The molecule has 0 unspecified atom stereocenters. The highest BCUT2D eigenvalue weighted by molar-refractivity contribution is 7.22. The highest BCUT2D eigenvalue weighted by Crippen LogP contribution is 2.33. The molecule has 4 nitrogen and oxygen atoms in total. The Bertz CT molecular complexity index is 943. The van der Waals surface area contributed by atoms with Gasteiger partial charge >= 0.3 is 0 Å². The van der Waals surface area contributed by atoms with E-state index in [-0.39, 0.29) is 11.8 Å². The second kappa shape index (κ2) is 7.69. The molecule has 1 fully saturated rings. The van der Waals surface area contributed by atoms with E-state index in [1.54, 1.807) is 11.3 Å². The summed E-state index contributed by atoms with van der Waals surface area (Å²) in [4.78, 5) is 19.7. The van der Waals surface area contributed by atoms with E-state index >= 15 is 0 Å². The lowest BCUT2D eigenvalue weighted by molar-refractivity contribution is -0.125. The molecule has 0 spiro atoms. The standard InChI is InChI=1S/C22H25N3OS/c1-15-12-16(2)20-19(13-15)27-22(24-20)25-10-8-18(9-11-25)21(26)23-14-17-6-4-3-5-7-17/h3-7,12-13,18H,8-11,14H2,1-2H3,(H,23,26). The molecule has 1 aromatic heterocycles. The van der Waals surface area contributed by atoms with Gasteiger partial charge in [0, 0.05) is 25.6 Å². The van der Waals surface area contributed by atoms with Gasteiger partial charge in [0.2, 0.25) is 5.91 Å². The molecule has 27 heavy (non-hydrogen) atoms. The molecule has 1 amide bonds. The number of nitrogens with zero attached hydrogens (tertiary/aromatic N) is 2. The first kappa shape index (κ1) is 18.0. The average molecular weight is 380 g/mol. The Morgan fingerprint density at radius 2 is 1.93 bits per heavy atom. The van der Waals surface area contributed by atoms with Crippen LogP contribution < -0.4 is 10.2 Å². The molecule has 0 atom stereocenters. The molecular formula is C22H25N3OS. The number of thiazole rings is 1. The van der Waals surface area contributed by atoms with Crippen molar-refractivity contribution in [3.63, 3.8) is 0 Å². The van der Waals surface area contributed by atoms with Gasteiger partial charge in [0.15, 0.2) is 5.13 Å². The van der Waals surface area contributed by atoms with Gasteiger partial charge in [-0.15, -0.1) is 0 Å². The van der Waals surface area contributed by atoms with Crippen molar-refractivity contribution < 1.29 is 4.79 Å². The number of nitrogens with one attached hydrogen (secondary N) is 1. The summed E-state index contributed by atoms with van der Waals surface area (Å²) in [7, 11) is 0. The first-order chi connectivity index (χ1) is 13.1. The Kier molecular flexibility index (Phi) is 5.12. The smallest absolute Gasteiger partial charge is 0.223 e. The lowest BCUT2D eigenvalue weighted by Crippen LogP contribution is -2.40. The molecule has 0 aliphatic carbocycles. The topological polar surface area (TPSA) is 45.2 Å². The van der Waals surface area contributed by atoms with Crippen molar-refractivity contribution in [2.45, 2.75) is 33.2 Å². The number of benzene rings is 2. The molecule has 2 aromatic carbocycles. The number of carbonyl (C=O) groups is 1. The van der Waals surface area contributed by atoms with Crippen LogP contribution in [-0.4, -0.2) is 24.0 Å². The summed E-state index contributed by atoms with van der Waals surface area (Å²) in [5.74, 6) is 0.276. The van der Waals surface area contributed by atoms with E-state index in [0.717, 1.165) is 42.1 Å². The van der Waals surface area contributed by atoms with Crippen molar-refractivity contribution in [1.82, 2.24) is 10.3 Å². The molecule has 3 aromatic rings. The van der Waals surface area contributed by atoms with Crippen molar-refractivity contribution in [3.8, 4) is 0 Å². The molecule has 1 aliphatic heterocycles. The molecule has 0 bridgehead atoms. The fraction of sp³-hybridized carbons (Fsp3) is 0.364. The molecule has 4 rings (SSSR count). The molecule has 2 heterocycles. The van der Waals surface area contributed by atoms with Crippen LogP contribution >= 0.6 is 11.3 Å². The second-order valence-corrected chi connectivity index (χ2v) is 8.40. The van der Waals surface area contributed by atoms with Crippen molar-refractivity contribution in [2.24, 2.45) is 5.92 Å². The molecule has 140 valence electrons. The van der Waals surface area contributed by atoms with E-state index in [2.05, 4.69) is 36.2 Å². The van der Waals surface area contributed by atoms with Crippen LogP contribution in [0.4, 0.5) is 5.13 Å². The molecular weight excluding hydrogens is 354 g/mol. The van der Waals surface area contributed by atoms with Gasteiger partial charge in [-0.3, -0.25) is 4.79 Å². The van der Waals surface area contributed by atoms with Gasteiger partial charge < -0.3 is 10.2 Å². The van der Waals surface area contributed by atoms with Gasteiger partial charge in [0.25, 0.3) is 0 Å². The maximum atomic E-state index is 12.5. The summed E-state index contributed by atoms with van der Waals surface area (Å²) < 4.78 is 1.25. The number of piperidine rings is 1. The summed E-state index contributed by atoms with van der Waals surface area (Å²) in [6.45, 7) is 6.65. The first-order valence-corrected chi connectivity index (χ1v) is 10.4. The third-order valence-corrected chi connectivity index (χ3v) is 6.33. The minimum absolute atomic E-state index is 0.100. The minimum Gasteiger partial charge on any atom is -0.352 e. The molecule has 0 radical (unpaired) electrons. The zero-order chi connectivity index (χ0) is 18.8. The van der Waals surface area contributed by atoms with Crippen molar-refractivity contribution in [2.75, 3.05) is 18.0 Å². The lowest BCUT2D eigenvalue weighted by Gasteiger charge is -2.31. The monoisotopic (exact) mass is 379 g/mol. The zero-order valence-corrected chi connectivity index (χ0v) is 16.7. The third kappa shape index (κ3) is 3.98. The zero-order valence-electron chi connectivity index (χ0n) is 15.9. The summed E-state index contributed by atoms with van der Waals surface area (Å²) in [5.41, 5.74) is 4.78. The number of rotatable bonds is 4. The summed E-state index contributed by atoms with van der Waals surface area (Å²) >= 11 is 1.76. The Morgan fingerprint density at radius 1 is 1.19 bits per heavy atom. The van der Waals surface area contributed by atoms with Crippen LogP contribution in [-0.2, 0) is 11.3 Å². The van der Waals surface area contributed by atoms with Crippen LogP contribution in [0.3, 0.4) is 0 Å². The van der Waals surface area contributed by atoms with Crippen molar-refractivity contribution in [3.05, 3.63) is 59.2 Å². The summed E-state index contributed by atoms with van der Waals surface area (Å²) in [6.07, 6.45) is 1.77. The van der Waals surface area contributed by atoms with E-state index in [1.807, 2.05) is 30.3 Å². The number of aryl methyl sites for hydroxylation is 2. The van der Waals surface area contributed by atoms with E-state index in [4.69, 9.17) is 4.98 Å². The fourth-order valence-corrected chi connectivity index (χ4v) is 4.95. The highest BCUT2D eigenvalue weighted by Gasteiger charge is 2.26. The molecule has 0 saturated carbocycles. The molecule has 5 heteroatoms. The maximum Gasteiger partial charge on any atom is 0.223 e. The number of hydrogen-bond donors (Lipinski definition) is 1. The fourth-order valence-electron chi connectivity index (χ4n) is 3.76. The number of amides is 1. The van der Waals surface area contributed by atoms with Crippen LogP contribution in [0.25, 0.3) is 10.2 Å². The normalized spacial score (nSPS) is 15.3. The van der Waals surface area contributed by atoms with Gasteiger partial charge in [0.05, 0.1) is 10.2 Å². The predicted molar refractivity (Wildman–Crippen MR) is 112 cm³/mol. The number of carbonyl (C=O) groups excluding carboxylic acids is 1. The van der Waals surface area contributed by atoms with Gasteiger partial charge in [0.1, 0.15) is 0 Å². The maximum absolute atomic E-state index is 12.5. The molecule has 1 saturated heterocycles. The SMILES string of the molecule is Cc1cc(C)c2nc(N3CCC(C(=O)NCc4ccccc4)CC3)sc2c1. The Hall–Kier alpha value is -2.40. The van der Waals surface area contributed by atoms with Crippen molar-refractivity contribution >= 4 is 32.6 Å². The van der Waals surface area contributed by atoms with Crippen LogP contribution in [0.1, 0.15) is 29.5 Å². The van der Waals surface area contributed by atoms with E-state index in [9.17, 15) is 4.79 Å². The molecule has 1 aliphatic rings. The van der Waals surface area contributed by atoms with Crippen LogP contribution in [0.5, 0.6) is 0 Å². The van der Waals surface area contributed by atoms with Gasteiger partial charge in [-0.05, 0) is 49.4 Å². The first-order valence-electron chi connectivity index (χ1n) is 9.54. The van der Waals surface area contributed by atoms with Gasteiger partial charge in [-0.25, -0.2) is 4.98 Å². The van der Waals surface area contributed by atoms with E-state index < -0.39 is 0 Å². The Balaban J connectivity index is 1.36. The number of anilines is 1. The highest BCUT2D eigenvalue weighted by atomic mass is 32.1. The van der Waals surface area contributed by atoms with Crippen LogP contribution in [0.2, 0.25) is 0 Å². The molecule has 1 N–H and O–H groups in total.